The van der Waals surface area contributed by atoms with E-state index in [4.69, 9.17) is 10.5 Å². The van der Waals surface area contributed by atoms with Crippen molar-refractivity contribution < 1.29 is 9.53 Å². The van der Waals surface area contributed by atoms with Crippen LogP contribution in [0.5, 0.6) is 0 Å². The van der Waals surface area contributed by atoms with Crippen LogP contribution in [0.4, 0.5) is 5.69 Å². The van der Waals surface area contributed by atoms with Crippen LogP contribution in [-0.4, -0.2) is 35.9 Å². The van der Waals surface area contributed by atoms with E-state index in [1.807, 2.05) is 6.92 Å². The summed E-state index contributed by atoms with van der Waals surface area (Å²) >= 11 is 0. The molecule has 0 saturated carbocycles. The number of aromatic nitrogens is 2. The van der Waals surface area contributed by atoms with E-state index >= 15 is 0 Å². The number of nitrogen functional groups attached to an aromatic ring is 1. The summed E-state index contributed by atoms with van der Waals surface area (Å²) in [5, 5.41) is 6.92. The Kier molecular flexibility index (Phi) is 4.51. The smallest absolute Gasteiger partial charge is 0.271 e. The molecule has 0 saturated heterocycles. The van der Waals surface area contributed by atoms with Crippen molar-refractivity contribution in [2.24, 2.45) is 13.0 Å². The van der Waals surface area contributed by atoms with Crippen LogP contribution in [0.25, 0.3) is 0 Å². The highest BCUT2D eigenvalue weighted by Gasteiger charge is 2.17. The first kappa shape index (κ1) is 13.5. The molecule has 96 valence electrons. The Morgan fingerprint density at radius 3 is 2.76 bits per heavy atom. The van der Waals surface area contributed by atoms with Gasteiger partial charge in [-0.05, 0) is 12.8 Å². The minimum Gasteiger partial charge on any atom is -0.395 e. The molecule has 17 heavy (non-hydrogen) atoms. The first-order chi connectivity index (χ1) is 7.97. The van der Waals surface area contributed by atoms with Gasteiger partial charge in [0.25, 0.3) is 5.91 Å². The second-order valence-corrected chi connectivity index (χ2v) is 4.24. The van der Waals surface area contributed by atoms with Crippen molar-refractivity contribution in [2.45, 2.75) is 13.8 Å². The summed E-state index contributed by atoms with van der Waals surface area (Å²) in [4.78, 5) is 11.9. The number of nitrogens with two attached hydrogens (primary N) is 1. The summed E-state index contributed by atoms with van der Waals surface area (Å²) < 4.78 is 6.50. The fraction of sp³-hybridized carbons (Fsp3) is 0.636. The standard InChI is InChI=1S/C11H20N4O2/c1-7(6-17-4)5-13-11(16)10-9(12)8(2)14-15(10)3/h7H,5-6,12H2,1-4H3,(H,13,16). The topological polar surface area (TPSA) is 82.2 Å². The molecule has 0 bridgehead atoms. The van der Waals surface area contributed by atoms with Gasteiger partial charge in [-0.1, -0.05) is 6.92 Å². The number of carbonyl (C=O) groups is 1. The number of anilines is 1. The van der Waals surface area contributed by atoms with Crippen LogP contribution in [0, 0.1) is 12.8 Å². The molecule has 1 aromatic heterocycles. The summed E-state index contributed by atoms with van der Waals surface area (Å²) in [5.41, 5.74) is 7.31. The van der Waals surface area contributed by atoms with E-state index in [9.17, 15) is 4.79 Å². The molecular formula is C11H20N4O2. The zero-order valence-electron chi connectivity index (χ0n) is 10.8. The molecule has 6 heteroatoms. The number of nitrogens with one attached hydrogen (secondary N) is 1. The normalized spacial score (nSPS) is 12.5. The molecule has 0 aliphatic rings. The number of hydrogen-bond donors (Lipinski definition) is 2. The summed E-state index contributed by atoms with van der Waals surface area (Å²) in [7, 11) is 3.34. The Hall–Kier alpha value is -1.56. The molecular weight excluding hydrogens is 220 g/mol. The van der Waals surface area contributed by atoms with Crippen LogP contribution < -0.4 is 11.1 Å². The lowest BCUT2D eigenvalue weighted by Gasteiger charge is -2.11. The number of methoxy groups -OCH3 is 1. The molecule has 3 N–H and O–H groups in total. The quantitative estimate of drug-likeness (QED) is 0.776. The van der Waals surface area contributed by atoms with E-state index in [1.54, 1.807) is 21.1 Å². The van der Waals surface area contributed by atoms with Gasteiger partial charge in [0, 0.05) is 20.7 Å². The number of ether oxygens (including phenoxy) is 1. The van der Waals surface area contributed by atoms with Crippen LogP contribution >= 0.6 is 0 Å². The molecule has 0 spiro atoms. The average Bonchev–Trinajstić information content (AvgIpc) is 2.50. The molecule has 0 aliphatic heterocycles. The van der Waals surface area contributed by atoms with Gasteiger partial charge in [-0.25, -0.2) is 0 Å². The van der Waals surface area contributed by atoms with Gasteiger partial charge >= 0.3 is 0 Å². The lowest BCUT2D eigenvalue weighted by molar-refractivity contribution is 0.0925. The molecule has 1 aromatic rings. The van der Waals surface area contributed by atoms with Crippen molar-refractivity contribution in [3.8, 4) is 0 Å². The van der Waals surface area contributed by atoms with E-state index in [1.165, 1.54) is 4.68 Å². The van der Waals surface area contributed by atoms with Gasteiger partial charge in [-0.3, -0.25) is 9.48 Å². The number of aryl methyl sites for hydroxylation is 2. The van der Waals surface area contributed by atoms with Crippen LogP contribution in [0.2, 0.25) is 0 Å². The van der Waals surface area contributed by atoms with Gasteiger partial charge < -0.3 is 15.8 Å². The second kappa shape index (κ2) is 5.67. The summed E-state index contributed by atoms with van der Waals surface area (Å²) in [6.45, 7) is 4.94. The van der Waals surface area contributed by atoms with Gasteiger partial charge in [0.05, 0.1) is 18.0 Å². The molecule has 1 unspecified atom stereocenters. The van der Waals surface area contributed by atoms with Gasteiger partial charge in [0.15, 0.2) is 0 Å². The van der Waals surface area contributed by atoms with Crippen molar-refractivity contribution >= 4 is 11.6 Å². The average molecular weight is 240 g/mol. The fourth-order valence-electron chi connectivity index (χ4n) is 1.64. The number of nitrogens with zero attached hydrogens (tertiary/aromatic N) is 2. The van der Waals surface area contributed by atoms with Gasteiger partial charge in [-0.2, -0.15) is 5.10 Å². The minimum atomic E-state index is -0.200. The maximum Gasteiger partial charge on any atom is 0.271 e. The first-order valence-electron chi connectivity index (χ1n) is 5.53. The molecule has 0 aromatic carbocycles. The monoisotopic (exact) mass is 240 g/mol. The van der Waals surface area contributed by atoms with E-state index in [-0.39, 0.29) is 11.8 Å². The highest BCUT2D eigenvalue weighted by molar-refractivity contribution is 5.97. The number of amides is 1. The van der Waals surface area contributed by atoms with E-state index in [0.29, 0.717) is 30.2 Å². The van der Waals surface area contributed by atoms with Crippen LogP contribution in [0.1, 0.15) is 23.1 Å². The Labute approximate surface area is 101 Å². The third-order valence-electron chi connectivity index (χ3n) is 2.55. The van der Waals surface area contributed by atoms with Crippen molar-refractivity contribution in [3.63, 3.8) is 0 Å². The van der Waals surface area contributed by atoms with Gasteiger partial charge in [0.1, 0.15) is 5.69 Å². The fourth-order valence-corrected chi connectivity index (χ4v) is 1.64. The SMILES string of the molecule is COCC(C)CNC(=O)c1c(N)c(C)nn1C. The first-order valence-corrected chi connectivity index (χ1v) is 5.53. The van der Waals surface area contributed by atoms with Crippen LogP contribution in [0.15, 0.2) is 0 Å². The predicted molar refractivity (Wildman–Crippen MR) is 65.7 cm³/mol. The lowest BCUT2D eigenvalue weighted by atomic mass is 10.2. The van der Waals surface area contributed by atoms with Crippen LogP contribution in [0.3, 0.4) is 0 Å². The molecule has 1 heterocycles. The Bertz CT molecular complexity index is 400. The lowest BCUT2D eigenvalue weighted by Crippen LogP contribution is -2.31. The maximum absolute atomic E-state index is 11.9. The second-order valence-electron chi connectivity index (χ2n) is 4.24. The maximum atomic E-state index is 11.9. The number of hydrogen-bond acceptors (Lipinski definition) is 4. The Morgan fingerprint density at radius 1 is 1.65 bits per heavy atom. The molecule has 1 atom stereocenters. The van der Waals surface area contributed by atoms with Crippen molar-refractivity contribution in [2.75, 3.05) is 26.0 Å². The third-order valence-corrected chi connectivity index (χ3v) is 2.55. The zero-order valence-corrected chi connectivity index (χ0v) is 10.8. The van der Waals surface area contributed by atoms with E-state index in [0.717, 1.165) is 0 Å². The Morgan fingerprint density at radius 2 is 2.29 bits per heavy atom. The van der Waals surface area contributed by atoms with Crippen molar-refractivity contribution in [1.29, 1.82) is 0 Å². The van der Waals surface area contributed by atoms with E-state index < -0.39 is 0 Å². The molecule has 0 fully saturated rings. The highest BCUT2D eigenvalue weighted by Crippen LogP contribution is 2.14. The molecule has 1 amide bonds. The summed E-state index contributed by atoms with van der Waals surface area (Å²) in [6.07, 6.45) is 0. The highest BCUT2D eigenvalue weighted by atomic mass is 16.5. The Balaban J connectivity index is 2.64. The van der Waals surface area contributed by atoms with Crippen molar-refractivity contribution in [1.82, 2.24) is 15.1 Å². The predicted octanol–water partition coefficient (Wildman–Crippen LogP) is 0.323. The van der Waals surface area contributed by atoms with E-state index in [2.05, 4.69) is 10.4 Å². The van der Waals surface area contributed by atoms with Crippen molar-refractivity contribution in [3.05, 3.63) is 11.4 Å². The minimum absolute atomic E-state index is 0.200. The number of rotatable bonds is 5. The third kappa shape index (κ3) is 3.20. The summed E-state index contributed by atoms with van der Waals surface area (Å²) in [5.74, 6) is 0.0630. The largest absolute Gasteiger partial charge is 0.395 e. The molecule has 0 aliphatic carbocycles. The molecule has 6 nitrogen and oxygen atoms in total. The van der Waals surface area contributed by atoms with Crippen LogP contribution in [-0.2, 0) is 11.8 Å². The molecule has 1 rings (SSSR count). The molecule has 0 radical (unpaired) electrons. The zero-order chi connectivity index (χ0) is 13.0. The van der Waals surface area contributed by atoms with Gasteiger partial charge in [0.2, 0.25) is 0 Å². The summed E-state index contributed by atoms with van der Waals surface area (Å²) in [6, 6.07) is 0. The van der Waals surface area contributed by atoms with Gasteiger partial charge in [-0.15, -0.1) is 0 Å². The number of carbonyl (C=O) groups excluding carboxylic acids is 1.